The largest absolute Gasteiger partial charge is 0.312 e. The number of halogens is 2. The van der Waals surface area contributed by atoms with Crippen LogP contribution in [0.25, 0.3) is 0 Å². The van der Waals surface area contributed by atoms with Crippen molar-refractivity contribution in [3.8, 4) is 0 Å². The zero-order valence-corrected chi connectivity index (χ0v) is 14.2. The molecule has 2 aromatic rings. The lowest BCUT2D eigenvalue weighted by molar-refractivity contribution is -0.117. The minimum absolute atomic E-state index is 0.0284. The van der Waals surface area contributed by atoms with E-state index in [1.165, 1.54) is 12.1 Å². The summed E-state index contributed by atoms with van der Waals surface area (Å²) in [6, 6.07) is 6.92. The lowest BCUT2D eigenvalue weighted by atomic mass is 10.1. The first-order valence-corrected chi connectivity index (χ1v) is 9.15. The molecule has 8 heteroatoms. The van der Waals surface area contributed by atoms with E-state index in [0.29, 0.717) is 24.7 Å². The second-order valence-corrected chi connectivity index (χ2v) is 7.48. The van der Waals surface area contributed by atoms with Crippen LogP contribution in [0.3, 0.4) is 0 Å². The first kappa shape index (κ1) is 17.3. The molecule has 1 aliphatic rings. The van der Waals surface area contributed by atoms with Crippen LogP contribution in [0.5, 0.6) is 0 Å². The number of hydrogen-bond donors (Lipinski definition) is 1. The Morgan fingerprint density at radius 2 is 1.88 bits per heavy atom. The Morgan fingerprint density at radius 1 is 1.12 bits per heavy atom. The number of anilines is 2. The minimum Gasteiger partial charge on any atom is -0.312 e. The summed E-state index contributed by atoms with van der Waals surface area (Å²) in [7, 11) is -4.30. The number of nitrogens with one attached hydrogen (secondary N) is 1. The molecule has 1 saturated heterocycles. The van der Waals surface area contributed by atoms with Gasteiger partial charge in [-0.1, -0.05) is 6.07 Å². The summed E-state index contributed by atoms with van der Waals surface area (Å²) in [4.78, 5) is 12.7. The zero-order chi connectivity index (χ0) is 18.2. The summed E-state index contributed by atoms with van der Waals surface area (Å²) in [6.07, 6.45) is 1.19. The van der Waals surface area contributed by atoms with Crippen molar-refractivity contribution in [1.29, 1.82) is 0 Å². The molecule has 0 aromatic heterocycles. The third-order valence-corrected chi connectivity index (χ3v) is 5.40. The second kappa shape index (κ2) is 6.44. The van der Waals surface area contributed by atoms with Crippen LogP contribution in [0.4, 0.5) is 20.2 Å². The average molecular weight is 366 g/mol. The van der Waals surface area contributed by atoms with E-state index in [9.17, 15) is 22.0 Å². The van der Waals surface area contributed by atoms with Crippen LogP contribution in [0.2, 0.25) is 0 Å². The van der Waals surface area contributed by atoms with E-state index in [1.54, 1.807) is 11.0 Å². The van der Waals surface area contributed by atoms with Gasteiger partial charge in [0.2, 0.25) is 5.91 Å². The smallest absolute Gasteiger partial charge is 0.264 e. The van der Waals surface area contributed by atoms with Crippen LogP contribution in [-0.4, -0.2) is 20.9 Å². The molecule has 0 bridgehead atoms. The standard InChI is InChI=1S/C17H16F2N2O3S/c1-11-4-6-13(10-15(11)21-8-2-3-17(21)22)20-25(23,24)16-9-12(18)5-7-14(16)19/h4-7,9-10,20H,2-3,8H2,1H3. The monoisotopic (exact) mass is 366 g/mol. The summed E-state index contributed by atoms with van der Waals surface area (Å²) in [5.41, 5.74) is 1.58. The number of amides is 1. The second-order valence-electron chi connectivity index (χ2n) is 5.83. The highest BCUT2D eigenvalue weighted by atomic mass is 32.2. The quantitative estimate of drug-likeness (QED) is 0.904. The Morgan fingerprint density at radius 3 is 2.56 bits per heavy atom. The minimum atomic E-state index is -4.30. The van der Waals surface area contributed by atoms with Crippen LogP contribution >= 0.6 is 0 Å². The van der Waals surface area contributed by atoms with E-state index < -0.39 is 26.6 Å². The number of sulfonamides is 1. The molecule has 0 saturated carbocycles. The molecule has 1 N–H and O–H groups in total. The van der Waals surface area contributed by atoms with Gasteiger partial charge in [-0.05, 0) is 49.2 Å². The first-order chi connectivity index (χ1) is 11.8. The van der Waals surface area contributed by atoms with Gasteiger partial charge >= 0.3 is 0 Å². The molecule has 0 unspecified atom stereocenters. The highest BCUT2D eigenvalue weighted by molar-refractivity contribution is 7.92. The average Bonchev–Trinajstić information content (AvgIpc) is 2.97. The van der Waals surface area contributed by atoms with E-state index in [0.717, 1.165) is 24.1 Å². The number of rotatable bonds is 4. The van der Waals surface area contributed by atoms with Gasteiger partial charge in [0.15, 0.2) is 0 Å². The van der Waals surface area contributed by atoms with Crippen molar-refractivity contribution in [2.24, 2.45) is 0 Å². The topological polar surface area (TPSA) is 66.5 Å². The van der Waals surface area contributed by atoms with Crippen molar-refractivity contribution in [2.75, 3.05) is 16.2 Å². The fourth-order valence-corrected chi connectivity index (χ4v) is 3.90. The molecule has 0 aliphatic carbocycles. The molecule has 1 heterocycles. The highest BCUT2D eigenvalue weighted by Gasteiger charge is 2.24. The first-order valence-electron chi connectivity index (χ1n) is 7.67. The lowest BCUT2D eigenvalue weighted by Crippen LogP contribution is -2.24. The molecule has 3 rings (SSSR count). The number of carbonyl (C=O) groups is 1. The Labute approximate surface area is 144 Å². The SMILES string of the molecule is Cc1ccc(NS(=O)(=O)c2cc(F)ccc2F)cc1N1CCCC1=O. The molecule has 25 heavy (non-hydrogen) atoms. The van der Waals surface area contributed by atoms with Gasteiger partial charge in [-0.3, -0.25) is 9.52 Å². The molecule has 5 nitrogen and oxygen atoms in total. The number of aryl methyl sites for hydroxylation is 1. The Balaban J connectivity index is 1.95. The summed E-state index contributed by atoms with van der Waals surface area (Å²) in [5, 5.41) is 0. The molecule has 1 aliphatic heterocycles. The third kappa shape index (κ3) is 3.48. The van der Waals surface area contributed by atoms with Crippen molar-refractivity contribution in [2.45, 2.75) is 24.7 Å². The van der Waals surface area contributed by atoms with Crippen LogP contribution < -0.4 is 9.62 Å². The van der Waals surface area contributed by atoms with Crippen LogP contribution in [-0.2, 0) is 14.8 Å². The highest BCUT2D eigenvalue weighted by Crippen LogP contribution is 2.29. The van der Waals surface area contributed by atoms with Crippen LogP contribution in [0.15, 0.2) is 41.3 Å². The lowest BCUT2D eigenvalue weighted by Gasteiger charge is -2.19. The van der Waals surface area contributed by atoms with E-state index in [4.69, 9.17) is 0 Å². The maximum absolute atomic E-state index is 13.8. The van der Waals surface area contributed by atoms with E-state index in [2.05, 4.69) is 4.72 Å². The van der Waals surface area contributed by atoms with Crippen molar-refractivity contribution < 1.29 is 22.0 Å². The molecule has 0 spiro atoms. The summed E-state index contributed by atoms with van der Waals surface area (Å²) in [6.45, 7) is 2.37. The molecule has 0 atom stereocenters. The molecule has 132 valence electrons. The van der Waals surface area contributed by atoms with Gasteiger partial charge in [0.1, 0.15) is 16.5 Å². The maximum atomic E-state index is 13.8. The number of nitrogens with zero attached hydrogens (tertiary/aromatic N) is 1. The van der Waals surface area contributed by atoms with Gasteiger partial charge in [0, 0.05) is 18.7 Å². The van der Waals surface area contributed by atoms with E-state index in [1.807, 2.05) is 6.92 Å². The number of hydrogen-bond acceptors (Lipinski definition) is 3. The zero-order valence-electron chi connectivity index (χ0n) is 13.4. The van der Waals surface area contributed by atoms with Crippen molar-refractivity contribution in [3.63, 3.8) is 0 Å². The number of carbonyl (C=O) groups excluding carboxylic acids is 1. The van der Waals surface area contributed by atoms with Gasteiger partial charge < -0.3 is 4.90 Å². The van der Waals surface area contributed by atoms with Gasteiger partial charge in [0.05, 0.1) is 5.69 Å². The summed E-state index contributed by atoms with van der Waals surface area (Å²) >= 11 is 0. The van der Waals surface area contributed by atoms with E-state index >= 15 is 0 Å². The van der Waals surface area contributed by atoms with Gasteiger partial charge in [0.25, 0.3) is 10.0 Å². The van der Waals surface area contributed by atoms with Gasteiger partial charge in [-0.15, -0.1) is 0 Å². The van der Waals surface area contributed by atoms with Crippen LogP contribution in [0.1, 0.15) is 18.4 Å². The molecule has 2 aromatic carbocycles. The van der Waals surface area contributed by atoms with Crippen molar-refractivity contribution >= 4 is 27.3 Å². The van der Waals surface area contributed by atoms with E-state index in [-0.39, 0.29) is 11.6 Å². The Kier molecular flexibility index (Phi) is 4.47. The Bertz CT molecular complexity index is 945. The molecular formula is C17H16F2N2O3S. The van der Waals surface area contributed by atoms with Crippen molar-refractivity contribution in [3.05, 3.63) is 53.6 Å². The third-order valence-electron chi connectivity index (χ3n) is 4.01. The fourth-order valence-electron chi connectivity index (χ4n) is 2.76. The molecule has 1 amide bonds. The van der Waals surface area contributed by atoms with Crippen LogP contribution in [0, 0.1) is 18.6 Å². The Hall–Kier alpha value is -2.48. The molecule has 0 radical (unpaired) electrons. The predicted molar refractivity (Wildman–Crippen MR) is 89.9 cm³/mol. The number of benzene rings is 2. The van der Waals surface area contributed by atoms with Crippen molar-refractivity contribution in [1.82, 2.24) is 0 Å². The van der Waals surface area contributed by atoms with Gasteiger partial charge in [-0.25, -0.2) is 17.2 Å². The predicted octanol–water partition coefficient (Wildman–Crippen LogP) is 3.20. The van der Waals surface area contributed by atoms with Gasteiger partial charge in [-0.2, -0.15) is 0 Å². The molecule has 1 fully saturated rings. The summed E-state index contributed by atoms with van der Waals surface area (Å²) < 4.78 is 54.0. The maximum Gasteiger partial charge on any atom is 0.264 e. The summed E-state index contributed by atoms with van der Waals surface area (Å²) in [5.74, 6) is -1.93. The normalized spacial score (nSPS) is 14.8. The molecular weight excluding hydrogens is 350 g/mol. The fraction of sp³-hybridized carbons (Fsp3) is 0.235.